The minimum absolute atomic E-state index is 0.102. The smallest absolute Gasteiger partial charge is 0.305 e. The SMILES string of the molecule is CCOC(=O)CCCc1c(C)[nH]c2ccccc12. The quantitative estimate of drug-likeness (QED) is 0.821. The number of aryl methyl sites for hydroxylation is 2. The number of aromatic amines is 1. The number of nitrogens with one attached hydrogen (secondary N) is 1. The van der Waals surface area contributed by atoms with Crippen molar-refractivity contribution in [3.05, 3.63) is 35.5 Å². The molecule has 1 N–H and O–H groups in total. The summed E-state index contributed by atoms with van der Waals surface area (Å²) in [7, 11) is 0. The van der Waals surface area contributed by atoms with Crippen LogP contribution in [0.3, 0.4) is 0 Å². The van der Waals surface area contributed by atoms with Crippen molar-refractivity contribution in [2.75, 3.05) is 6.61 Å². The van der Waals surface area contributed by atoms with Gasteiger partial charge in [0.05, 0.1) is 6.61 Å². The molecule has 3 heteroatoms. The fraction of sp³-hybridized carbons (Fsp3) is 0.400. The molecule has 0 unspecified atom stereocenters. The molecular formula is C15H19NO2. The largest absolute Gasteiger partial charge is 0.466 e. The fourth-order valence-corrected chi connectivity index (χ4v) is 2.30. The molecule has 0 saturated carbocycles. The van der Waals surface area contributed by atoms with E-state index in [0.717, 1.165) is 12.8 Å². The van der Waals surface area contributed by atoms with Crippen LogP contribution in [-0.2, 0) is 16.0 Å². The third kappa shape index (κ3) is 2.73. The van der Waals surface area contributed by atoms with E-state index in [0.29, 0.717) is 13.0 Å². The first-order valence-corrected chi connectivity index (χ1v) is 6.44. The van der Waals surface area contributed by atoms with Crippen molar-refractivity contribution >= 4 is 16.9 Å². The van der Waals surface area contributed by atoms with E-state index in [-0.39, 0.29) is 5.97 Å². The summed E-state index contributed by atoms with van der Waals surface area (Å²) >= 11 is 0. The molecule has 0 bridgehead atoms. The Bertz CT molecular complexity index is 542. The molecule has 96 valence electrons. The molecular weight excluding hydrogens is 226 g/mol. The van der Waals surface area contributed by atoms with Gasteiger partial charge in [0.15, 0.2) is 0 Å². The number of fused-ring (bicyclic) bond motifs is 1. The highest BCUT2D eigenvalue weighted by Gasteiger charge is 2.08. The average Bonchev–Trinajstić information content (AvgIpc) is 2.66. The van der Waals surface area contributed by atoms with Crippen LogP contribution in [0.2, 0.25) is 0 Å². The van der Waals surface area contributed by atoms with Crippen molar-refractivity contribution in [2.45, 2.75) is 33.1 Å². The van der Waals surface area contributed by atoms with Crippen LogP contribution in [-0.4, -0.2) is 17.6 Å². The maximum Gasteiger partial charge on any atom is 0.305 e. The van der Waals surface area contributed by atoms with Gasteiger partial charge in [0.2, 0.25) is 0 Å². The number of hydrogen-bond acceptors (Lipinski definition) is 2. The topological polar surface area (TPSA) is 42.1 Å². The number of hydrogen-bond donors (Lipinski definition) is 1. The van der Waals surface area contributed by atoms with Crippen LogP contribution < -0.4 is 0 Å². The van der Waals surface area contributed by atoms with E-state index in [1.54, 1.807) is 0 Å². The van der Waals surface area contributed by atoms with Crippen molar-refractivity contribution in [1.82, 2.24) is 4.98 Å². The molecule has 0 saturated heterocycles. The standard InChI is InChI=1S/C15H19NO2/c1-3-18-15(17)10-6-8-12-11(2)16-14-9-5-4-7-13(12)14/h4-5,7,9,16H,3,6,8,10H2,1-2H3. The molecule has 2 rings (SSSR count). The van der Waals surface area contributed by atoms with Crippen LogP contribution in [0.15, 0.2) is 24.3 Å². The Hall–Kier alpha value is -1.77. The Kier molecular flexibility index (Phi) is 4.03. The zero-order chi connectivity index (χ0) is 13.0. The summed E-state index contributed by atoms with van der Waals surface area (Å²) in [6.07, 6.45) is 2.24. The van der Waals surface area contributed by atoms with Gasteiger partial charge < -0.3 is 9.72 Å². The summed E-state index contributed by atoms with van der Waals surface area (Å²) in [4.78, 5) is 14.7. The normalized spacial score (nSPS) is 10.8. The van der Waals surface area contributed by atoms with Crippen molar-refractivity contribution in [3.63, 3.8) is 0 Å². The van der Waals surface area contributed by atoms with Gasteiger partial charge in [-0.15, -0.1) is 0 Å². The minimum Gasteiger partial charge on any atom is -0.466 e. The van der Waals surface area contributed by atoms with Gasteiger partial charge in [0.25, 0.3) is 0 Å². The Morgan fingerprint density at radius 3 is 2.89 bits per heavy atom. The first kappa shape index (κ1) is 12.7. The lowest BCUT2D eigenvalue weighted by molar-refractivity contribution is -0.143. The summed E-state index contributed by atoms with van der Waals surface area (Å²) in [5.41, 5.74) is 3.68. The van der Waals surface area contributed by atoms with Crippen molar-refractivity contribution < 1.29 is 9.53 Å². The van der Waals surface area contributed by atoms with Crippen molar-refractivity contribution in [3.8, 4) is 0 Å². The number of aromatic nitrogens is 1. The van der Waals surface area contributed by atoms with Gasteiger partial charge >= 0.3 is 5.97 Å². The molecule has 18 heavy (non-hydrogen) atoms. The van der Waals surface area contributed by atoms with E-state index in [1.165, 1.54) is 22.2 Å². The number of esters is 1. The predicted octanol–water partition coefficient (Wildman–Crippen LogP) is 3.36. The van der Waals surface area contributed by atoms with Gasteiger partial charge in [-0.25, -0.2) is 0 Å². The summed E-state index contributed by atoms with van der Waals surface area (Å²) in [6, 6.07) is 8.28. The summed E-state index contributed by atoms with van der Waals surface area (Å²) in [5.74, 6) is -0.102. The Labute approximate surface area is 107 Å². The highest BCUT2D eigenvalue weighted by atomic mass is 16.5. The maximum absolute atomic E-state index is 11.3. The molecule has 0 fully saturated rings. The number of rotatable bonds is 5. The van der Waals surface area contributed by atoms with Gasteiger partial charge in [0.1, 0.15) is 0 Å². The van der Waals surface area contributed by atoms with Gasteiger partial charge in [0, 0.05) is 23.0 Å². The van der Waals surface area contributed by atoms with Crippen molar-refractivity contribution in [1.29, 1.82) is 0 Å². The summed E-state index contributed by atoms with van der Waals surface area (Å²) in [5, 5.41) is 1.26. The highest BCUT2D eigenvalue weighted by Crippen LogP contribution is 2.23. The van der Waals surface area contributed by atoms with Gasteiger partial charge in [-0.1, -0.05) is 18.2 Å². The van der Waals surface area contributed by atoms with E-state index in [9.17, 15) is 4.79 Å². The fourth-order valence-electron chi connectivity index (χ4n) is 2.30. The average molecular weight is 245 g/mol. The van der Waals surface area contributed by atoms with Gasteiger partial charge in [-0.2, -0.15) is 0 Å². The number of benzene rings is 1. The van der Waals surface area contributed by atoms with Crippen LogP contribution in [0.4, 0.5) is 0 Å². The molecule has 0 atom stereocenters. The molecule has 3 nitrogen and oxygen atoms in total. The number of para-hydroxylation sites is 1. The zero-order valence-electron chi connectivity index (χ0n) is 11.0. The summed E-state index contributed by atoms with van der Waals surface area (Å²) in [6.45, 7) is 4.38. The van der Waals surface area contributed by atoms with Gasteiger partial charge in [-0.3, -0.25) is 4.79 Å². The Morgan fingerprint density at radius 1 is 1.33 bits per heavy atom. The number of carbonyl (C=O) groups excluding carboxylic acids is 1. The third-order valence-corrected chi connectivity index (χ3v) is 3.14. The van der Waals surface area contributed by atoms with E-state index in [1.807, 2.05) is 19.1 Å². The predicted molar refractivity (Wildman–Crippen MR) is 72.6 cm³/mol. The number of carbonyl (C=O) groups is 1. The van der Waals surface area contributed by atoms with Crippen molar-refractivity contribution in [2.24, 2.45) is 0 Å². The maximum atomic E-state index is 11.3. The lowest BCUT2D eigenvalue weighted by Crippen LogP contribution is -2.04. The zero-order valence-corrected chi connectivity index (χ0v) is 11.0. The van der Waals surface area contributed by atoms with E-state index >= 15 is 0 Å². The molecule has 1 aromatic heterocycles. The van der Waals surface area contributed by atoms with Crippen LogP contribution in [0.25, 0.3) is 10.9 Å². The Morgan fingerprint density at radius 2 is 2.11 bits per heavy atom. The van der Waals surface area contributed by atoms with Crippen LogP contribution in [0, 0.1) is 6.92 Å². The first-order valence-electron chi connectivity index (χ1n) is 6.44. The Balaban J connectivity index is 2.03. The lowest BCUT2D eigenvalue weighted by atomic mass is 10.0. The molecule has 2 aromatic rings. The summed E-state index contributed by atoms with van der Waals surface area (Å²) < 4.78 is 4.93. The van der Waals surface area contributed by atoms with Crippen LogP contribution in [0.1, 0.15) is 31.0 Å². The minimum atomic E-state index is -0.102. The highest BCUT2D eigenvalue weighted by molar-refractivity contribution is 5.84. The monoisotopic (exact) mass is 245 g/mol. The van der Waals surface area contributed by atoms with Crippen LogP contribution >= 0.6 is 0 Å². The second kappa shape index (κ2) is 5.71. The van der Waals surface area contributed by atoms with Gasteiger partial charge in [-0.05, 0) is 38.3 Å². The molecule has 0 spiro atoms. The second-order valence-corrected chi connectivity index (χ2v) is 4.43. The molecule has 0 aliphatic heterocycles. The number of H-pyrrole nitrogens is 1. The molecule has 0 radical (unpaired) electrons. The lowest BCUT2D eigenvalue weighted by Gasteiger charge is -2.02. The van der Waals surface area contributed by atoms with E-state index in [2.05, 4.69) is 24.0 Å². The third-order valence-electron chi connectivity index (χ3n) is 3.14. The molecule has 0 aliphatic carbocycles. The molecule has 1 heterocycles. The molecule has 0 aliphatic rings. The van der Waals surface area contributed by atoms with E-state index < -0.39 is 0 Å². The van der Waals surface area contributed by atoms with E-state index in [4.69, 9.17) is 4.74 Å². The molecule has 1 aromatic carbocycles. The number of ether oxygens (including phenoxy) is 1. The van der Waals surface area contributed by atoms with Crippen LogP contribution in [0.5, 0.6) is 0 Å². The second-order valence-electron chi connectivity index (χ2n) is 4.43. The first-order chi connectivity index (χ1) is 8.72. The molecule has 0 amide bonds.